The Morgan fingerprint density at radius 1 is 1.21 bits per heavy atom. The van der Waals surface area contributed by atoms with Crippen molar-refractivity contribution in [2.24, 2.45) is 5.84 Å². The van der Waals surface area contributed by atoms with Crippen molar-refractivity contribution in [1.29, 1.82) is 0 Å². The third kappa shape index (κ3) is 1.81. The van der Waals surface area contributed by atoms with E-state index in [2.05, 4.69) is 24.2 Å². The van der Waals surface area contributed by atoms with E-state index in [0.717, 1.165) is 12.1 Å². The number of fused-ring (bicyclic) bond motifs is 2. The number of hydrogen-bond acceptors (Lipinski definition) is 3. The molecule has 3 nitrogen and oxygen atoms in total. The summed E-state index contributed by atoms with van der Waals surface area (Å²) in [5.74, 6) is 5.56. The molecular weight excluding hydrogens is 174 g/mol. The lowest BCUT2D eigenvalue weighted by molar-refractivity contribution is 0.000218. The van der Waals surface area contributed by atoms with Crippen molar-refractivity contribution in [1.82, 2.24) is 10.3 Å². The molecule has 3 atom stereocenters. The number of hydrogen-bond donors (Lipinski definition) is 2. The second-order valence-electron chi connectivity index (χ2n) is 5.11. The molecule has 0 aromatic rings. The summed E-state index contributed by atoms with van der Waals surface area (Å²) in [5.41, 5.74) is 2.97. The van der Waals surface area contributed by atoms with Gasteiger partial charge in [0.15, 0.2) is 0 Å². The van der Waals surface area contributed by atoms with Crippen LogP contribution in [-0.2, 0) is 0 Å². The van der Waals surface area contributed by atoms with Gasteiger partial charge < -0.3 is 0 Å². The molecule has 3 heteroatoms. The first-order valence-corrected chi connectivity index (χ1v) is 5.96. The maximum atomic E-state index is 5.56. The van der Waals surface area contributed by atoms with Gasteiger partial charge in [0.25, 0.3) is 0 Å². The van der Waals surface area contributed by atoms with Crippen molar-refractivity contribution in [3.63, 3.8) is 0 Å². The monoisotopic (exact) mass is 197 g/mol. The Bertz CT molecular complexity index is 179. The van der Waals surface area contributed by atoms with Gasteiger partial charge in [-0.25, -0.2) is 0 Å². The summed E-state index contributed by atoms with van der Waals surface area (Å²) < 4.78 is 0. The van der Waals surface area contributed by atoms with Gasteiger partial charge in [-0.3, -0.25) is 16.2 Å². The van der Waals surface area contributed by atoms with Gasteiger partial charge in [0, 0.05) is 24.2 Å². The van der Waals surface area contributed by atoms with Gasteiger partial charge in [-0.15, -0.1) is 0 Å². The van der Waals surface area contributed by atoms with E-state index < -0.39 is 0 Å². The number of nitrogens with one attached hydrogen (secondary N) is 1. The molecule has 14 heavy (non-hydrogen) atoms. The predicted molar refractivity (Wildman–Crippen MR) is 58.7 cm³/mol. The largest absolute Gasteiger partial charge is 0.295 e. The normalized spacial score (nSPS) is 39.0. The van der Waals surface area contributed by atoms with Crippen LogP contribution in [0.3, 0.4) is 0 Å². The Kier molecular flexibility index (Phi) is 3.10. The van der Waals surface area contributed by atoms with Gasteiger partial charge in [-0.1, -0.05) is 6.42 Å². The van der Waals surface area contributed by atoms with Gasteiger partial charge in [0.05, 0.1) is 0 Å². The number of nitrogens with two attached hydrogens (primary N) is 1. The van der Waals surface area contributed by atoms with Gasteiger partial charge in [-0.05, 0) is 39.5 Å². The molecule has 2 heterocycles. The number of nitrogens with zero attached hydrogens (tertiary/aromatic N) is 1. The van der Waals surface area contributed by atoms with Crippen LogP contribution in [0.25, 0.3) is 0 Å². The molecular formula is C11H23N3. The van der Waals surface area contributed by atoms with Crippen LogP contribution in [0, 0.1) is 0 Å². The quantitative estimate of drug-likeness (QED) is 0.517. The first-order chi connectivity index (χ1) is 6.72. The molecule has 0 aromatic heterocycles. The fraction of sp³-hybridized carbons (Fsp3) is 1.00. The summed E-state index contributed by atoms with van der Waals surface area (Å²) in [5, 5.41) is 0. The lowest BCUT2D eigenvalue weighted by atomic mass is 9.81. The molecule has 2 aliphatic rings. The van der Waals surface area contributed by atoms with Crippen LogP contribution >= 0.6 is 0 Å². The molecule has 82 valence electrons. The number of piperidine rings is 2. The Balaban J connectivity index is 2.07. The molecule has 0 spiro atoms. The van der Waals surface area contributed by atoms with Gasteiger partial charge in [-0.2, -0.15) is 0 Å². The molecule has 3 N–H and O–H groups in total. The number of rotatable bonds is 2. The summed E-state index contributed by atoms with van der Waals surface area (Å²) in [6.07, 6.45) is 6.63. The van der Waals surface area contributed by atoms with Crippen LogP contribution in [0.5, 0.6) is 0 Å². The summed E-state index contributed by atoms with van der Waals surface area (Å²) in [4.78, 5) is 2.72. The first-order valence-electron chi connectivity index (χ1n) is 5.96. The standard InChI is InChI=1S/C11H23N3/c1-8(2)14-10-4-3-5-11(14)7-9(6-10)13-12/h8-11,13H,3-7,12H2,1-2H3/t9?,10-,11+. The zero-order chi connectivity index (χ0) is 10.1. The fourth-order valence-corrected chi connectivity index (χ4v) is 3.40. The van der Waals surface area contributed by atoms with Crippen LogP contribution in [0.1, 0.15) is 46.0 Å². The Hall–Kier alpha value is -0.120. The van der Waals surface area contributed by atoms with Crippen molar-refractivity contribution in [2.75, 3.05) is 0 Å². The van der Waals surface area contributed by atoms with Crippen LogP contribution in [0.15, 0.2) is 0 Å². The summed E-state index contributed by atoms with van der Waals surface area (Å²) in [6.45, 7) is 4.64. The predicted octanol–water partition coefficient (Wildman–Crippen LogP) is 1.24. The van der Waals surface area contributed by atoms with Gasteiger partial charge in [0.1, 0.15) is 0 Å². The first kappa shape index (κ1) is 10.4. The molecule has 0 aliphatic carbocycles. The smallest absolute Gasteiger partial charge is 0.0240 e. The Morgan fingerprint density at radius 2 is 1.79 bits per heavy atom. The molecule has 0 aromatic carbocycles. The van der Waals surface area contributed by atoms with Crippen molar-refractivity contribution >= 4 is 0 Å². The van der Waals surface area contributed by atoms with Crippen LogP contribution in [-0.4, -0.2) is 29.1 Å². The lowest BCUT2D eigenvalue weighted by Crippen LogP contribution is -2.59. The molecule has 0 saturated carbocycles. The highest BCUT2D eigenvalue weighted by atomic mass is 15.3. The average Bonchev–Trinajstić information content (AvgIpc) is 2.15. The molecule has 0 radical (unpaired) electrons. The zero-order valence-electron chi connectivity index (χ0n) is 9.37. The summed E-state index contributed by atoms with van der Waals surface area (Å²) in [7, 11) is 0. The van der Waals surface area contributed by atoms with Crippen molar-refractivity contribution in [2.45, 2.75) is 70.1 Å². The van der Waals surface area contributed by atoms with Gasteiger partial charge in [0.2, 0.25) is 0 Å². The minimum absolute atomic E-state index is 0.556. The SMILES string of the molecule is CC(C)N1[C@@H]2CCC[C@H]1CC(NN)C2. The highest BCUT2D eigenvalue weighted by Crippen LogP contribution is 2.35. The summed E-state index contributed by atoms with van der Waals surface area (Å²) in [6, 6.07) is 2.82. The molecule has 2 fully saturated rings. The van der Waals surface area contributed by atoms with Crippen molar-refractivity contribution in [3.8, 4) is 0 Å². The lowest BCUT2D eigenvalue weighted by Gasteiger charge is -2.50. The third-order valence-corrected chi connectivity index (χ3v) is 3.86. The fourth-order valence-electron chi connectivity index (χ4n) is 3.40. The minimum Gasteiger partial charge on any atom is -0.295 e. The van der Waals surface area contributed by atoms with E-state index in [1.165, 1.54) is 32.1 Å². The highest BCUT2D eigenvalue weighted by molar-refractivity contribution is 4.95. The number of hydrazine groups is 1. The van der Waals surface area contributed by atoms with Crippen molar-refractivity contribution in [3.05, 3.63) is 0 Å². The maximum absolute atomic E-state index is 5.56. The van der Waals surface area contributed by atoms with Gasteiger partial charge >= 0.3 is 0 Å². The Labute approximate surface area is 87.0 Å². The Morgan fingerprint density at radius 3 is 2.21 bits per heavy atom. The molecule has 1 unspecified atom stereocenters. The topological polar surface area (TPSA) is 41.3 Å². The second-order valence-corrected chi connectivity index (χ2v) is 5.11. The van der Waals surface area contributed by atoms with Crippen LogP contribution in [0.2, 0.25) is 0 Å². The molecule has 2 aliphatic heterocycles. The van der Waals surface area contributed by atoms with E-state index in [1.54, 1.807) is 0 Å². The van der Waals surface area contributed by atoms with E-state index in [4.69, 9.17) is 5.84 Å². The minimum atomic E-state index is 0.556. The summed E-state index contributed by atoms with van der Waals surface area (Å²) >= 11 is 0. The average molecular weight is 197 g/mol. The van der Waals surface area contributed by atoms with E-state index in [-0.39, 0.29) is 0 Å². The van der Waals surface area contributed by atoms with Crippen molar-refractivity contribution < 1.29 is 0 Å². The molecule has 2 rings (SSSR count). The molecule has 2 saturated heterocycles. The van der Waals surface area contributed by atoms with E-state index in [1.807, 2.05) is 0 Å². The third-order valence-electron chi connectivity index (χ3n) is 3.86. The van der Waals surface area contributed by atoms with E-state index in [9.17, 15) is 0 Å². The molecule has 0 amide bonds. The zero-order valence-corrected chi connectivity index (χ0v) is 9.37. The highest BCUT2D eigenvalue weighted by Gasteiger charge is 2.38. The van der Waals surface area contributed by atoms with Crippen LogP contribution in [0.4, 0.5) is 0 Å². The second kappa shape index (κ2) is 4.17. The maximum Gasteiger partial charge on any atom is 0.0240 e. The van der Waals surface area contributed by atoms with E-state index in [0.29, 0.717) is 12.1 Å². The molecule has 2 bridgehead atoms. The van der Waals surface area contributed by atoms with E-state index >= 15 is 0 Å². The van der Waals surface area contributed by atoms with Crippen LogP contribution < -0.4 is 11.3 Å².